The number of nitrogens with one attached hydrogen (secondary N) is 1. The van der Waals surface area contributed by atoms with Gasteiger partial charge >= 0.3 is 0 Å². The Labute approximate surface area is 278 Å². The molecule has 0 amide bonds. The number of tetrazole rings is 1. The van der Waals surface area contributed by atoms with Crippen LogP contribution in [0.2, 0.25) is 0 Å². The van der Waals surface area contributed by atoms with E-state index in [-0.39, 0.29) is 18.8 Å². The number of nitriles is 1. The van der Waals surface area contributed by atoms with Gasteiger partial charge in [-0.2, -0.15) is 5.26 Å². The molecule has 4 aromatic rings. The Morgan fingerprint density at radius 2 is 1.88 bits per heavy atom. The maximum Gasteiger partial charge on any atom is 0.257 e. The van der Waals surface area contributed by atoms with Crippen LogP contribution in [0.15, 0.2) is 43.1 Å². The van der Waals surface area contributed by atoms with E-state index in [1.807, 2.05) is 29.9 Å². The van der Waals surface area contributed by atoms with E-state index in [0.717, 1.165) is 82.4 Å². The molecule has 7 rings (SSSR count). The van der Waals surface area contributed by atoms with E-state index < -0.39 is 5.60 Å². The van der Waals surface area contributed by atoms with Crippen molar-refractivity contribution in [1.82, 2.24) is 44.9 Å². The topological polar surface area (TPSA) is 174 Å². The summed E-state index contributed by atoms with van der Waals surface area (Å²) in [6, 6.07) is 8.43. The second kappa shape index (κ2) is 14.2. The minimum Gasteiger partial charge on any atom is -0.487 e. The zero-order valence-electron chi connectivity index (χ0n) is 27.1. The van der Waals surface area contributed by atoms with Gasteiger partial charge in [0.2, 0.25) is 5.95 Å². The molecule has 15 nitrogen and oxygen atoms in total. The van der Waals surface area contributed by atoms with Gasteiger partial charge in [0, 0.05) is 37.1 Å². The average molecular weight is 656 g/mol. The number of hydrogen-bond acceptors (Lipinski definition) is 13. The zero-order valence-corrected chi connectivity index (χ0v) is 27.1. The molecule has 1 aromatic carbocycles. The van der Waals surface area contributed by atoms with Gasteiger partial charge in [-0.1, -0.05) is 6.07 Å². The van der Waals surface area contributed by atoms with Crippen molar-refractivity contribution in [3.05, 3.63) is 48.7 Å². The first kappa shape index (κ1) is 31.9. The Hall–Kier alpha value is -4.65. The molecule has 2 N–H and O–H groups in total. The van der Waals surface area contributed by atoms with Crippen molar-refractivity contribution >= 4 is 11.6 Å². The molecule has 3 aliphatic rings. The summed E-state index contributed by atoms with van der Waals surface area (Å²) in [6.45, 7) is 6.16. The van der Waals surface area contributed by atoms with Crippen LogP contribution in [0.4, 0.5) is 11.6 Å². The first-order valence-corrected chi connectivity index (χ1v) is 16.7. The maximum absolute atomic E-state index is 10.7. The van der Waals surface area contributed by atoms with E-state index >= 15 is 0 Å². The molecule has 3 fully saturated rings. The minimum absolute atomic E-state index is 0.194. The van der Waals surface area contributed by atoms with E-state index in [9.17, 15) is 10.4 Å². The van der Waals surface area contributed by atoms with Crippen LogP contribution in [0.25, 0.3) is 11.1 Å². The Bertz CT molecular complexity index is 1690. The lowest BCUT2D eigenvalue weighted by Crippen LogP contribution is -2.45. The van der Waals surface area contributed by atoms with E-state index in [2.05, 4.69) is 41.8 Å². The predicted octanol–water partition coefficient (Wildman–Crippen LogP) is 3.52. The smallest absolute Gasteiger partial charge is 0.257 e. The summed E-state index contributed by atoms with van der Waals surface area (Å²) in [7, 11) is 0. The lowest BCUT2D eigenvalue weighted by atomic mass is 9.81. The largest absolute Gasteiger partial charge is 0.487 e. The third-order valence-electron chi connectivity index (χ3n) is 9.56. The number of nitrogens with zero attached hydrogens (tertiary/aromatic N) is 10. The van der Waals surface area contributed by atoms with Crippen molar-refractivity contribution in [3.63, 3.8) is 0 Å². The molecule has 1 unspecified atom stereocenters. The van der Waals surface area contributed by atoms with Gasteiger partial charge in [-0.15, -0.1) is 10.2 Å². The van der Waals surface area contributed by atoms with E-state index in [1.165, 1.54) is 6.33 Å². The Balaban J connectivity index is 1.04. The number of benzene rings is 1. The molecule has 2 aliphatic carbocycles. The molecule has 3 aromatic heterocycles. The summed E-state index contributed by atoms with van der Waals surface area (Å²) in [4.78, 5) is 11.7. The van der Waals surface area contributed by atoms with E-state index in [0.29, 0.717) is 41.4 Å². The zero-order chi connectivity index (χ0) is 32.9. The highest BCUT2D eigenvalue weighted by Crippen LogP contribution is 2.37. The first-order valence-electron chi connectivity index (χ1n) is 16.7. The average Bonchev–Trinajstić information content (AvgIpc) is 3.77. The highest BCUT2D eigenvalue weighted by atomic mass is 16.5. The lowest BCUT2D eigenvalue weighted by molar-refractivity contribution is -0.0672. The van der Waals surface area contributed by atoms with Crippen LogP contribution in [0.1, 0.15) is 63.5 Å². The van der Waals surface area contributed by atoms with Gasteiger partial charge in [-0.05, 0) is 80.0 Å². The predicted molar refractivity (Wildman–Crippen MR) is 174 cm³/mol. The fraction of sp³-hybridized carbons (Fsp3) is 0.545. The molecular formula is C33H41N11O4. The summed E-state index contributed by atoms with van der Waals surface area (Å²) in [5, 5.41) is 39.7. The van der Waals surface area contributed by atoms with Gasteiger partial charge in [0.15, 0.2) is 0 Å². The van der Waals surface area contributed by atoms with Crippen LogP contribution in [0, 0.1) is 11.3 Å². The number of hydrogen-bond donors (Lipinski definition) is 2. The van der Waals surface area contributed by atoms with Crippen LogP contribution in [-0.2, 0) is 11.3 Å². The highest BCUT2D eigenvalue weighted by Gasteiger charge is 2.36. The number of anilines is 2. The quantitative estimate of drug-likeness (QED) is 0.227. The van der Waals surface area contributed by atoms with Crippen LogP contribution in [0.5, 0.6) is 11.6 Å². The van der Waals surface area contributed by atoms with Crippen molar-refractivity contribution in [2.45, 2.75) is 82.2 Å². The van der Waals surface area contributed by atoms with Gasteiger partial charge < -0.3 is 24.6 Å². The summed E-state index contributed by atoms with van der Waals surface area (Å²) < 4.78 is 21.3. The molecule has 0 spiro atoms. The molecule has 1 saturated heterocycles. The molecular weight excluding hydrogens is 614 g/mol. The number of morpholine rings is 1. The van der Waals surface area contributed by atoms with Gasteiger partial charge in [-0.3, -0.25) is 9.58 Å². The van der Waals surface area contributed by atoms with Crippen LogP contribution in [0.3, 0.4) is 0 Å². The second-order valence-corrected chi connectivity index (χ2v) is 13.0. The Morgan fingerprint density at radius 1 is 1.10 bits per heavy atom. The first-order chi connectivity index (χ1) is 23.4. The number of aliphatic hydroxyl groups is 1. The molecule has 252 valence electrons. The Morgan fingerprint density at radius 3 is 2.56 bits per heavy atom. The maximum atomic E-state index is 10.7. The number of ether oxygens (including phenoxy) is 3. The van der Waals surface area contributed by atoms with Gasteiger partial charge in [0.1, 0.15) is 36.5 Å². The fourth-order valence-corrected chi connectivity index (χ4v) is 6.65. The van der Waals surface area contributed by atoms with Gasteiger partial charge in [0.25, 0.3) is 5.88 Å². The number of aromatic nitrogens is 8. The van der Waals surface area contributed by atoms with Crippen molar-refractivity contribution in [2.24, 2.45) is 0 Å². The fourth-order valence-electron chi connectivity index (χ4n) is 6.65. The molecule has 0 bridgehead atoms. The number of rotatable bonds is 12. The summed E-state index contributed by atoms with van der Waals surface area (Å²) in [5.41, 5.74) is 1.85. The summed E-state index contributed by atoms with van der Waals surface area (Å²) in [5.74, 6) is 1.28. The molecule has 15 heteroatoms. The third-order valence-corrected chi connectivity index (χ3v) is 9.56. The van der Waals surface area contributed by atoms with Crippen LogP contribution in [-0.4, -0.2) is 101 Å². The molecule has 4 heterocycles. The third kappa shape index (κ3) is 7.40. The molecule has 1 atom stereocenters. The molecule has 2 saturated carbocycles. The van der Waals surface area contributed by atoms with Crippen molar-refractivity contribution < 1.29 is 19.3 Å². The molecule has 0 radical (unpaired) electrons. The Kier molecular flexibility index (Phi) is 9.46. The van der Waals surface area contributed by atoms with Crippen molar-refractivity contribution in [3.8, 4) is 28.8 Å². The molecule has 48 heavy (non-hydrogen) atoms. The van der Waals surface area contributed by atoms with Crippen LogP contribution < -0.4 is 14.8 Å². The van der Waals surface area contributed by atoms with Crippen molar-refractivity contribution in [1.29, 1.82) is 5.26 Å². The highest BCUT2D eigenvalue weighted by molar-refractivity contribution is 5.67. The van der Waals surface area contributed by atoms with Gasteiger partial charge in [0.05, 0.1) is 43.2 Å². The minimum atomic E-state index is -0.801. The van der Waals surface area contributed by atoms with Crippen molar-refractivity contribution in [2.75, 3.05) is 38.2 Å². The molecule has 1 aliphatic heterocycles. The van der Waals surface area contributed by atoms with E-state index in [4.69, 9.17) is 19.3 Å². The lowest BCUT2D eigenvalue weighted by Gasteiger charge is -2.38. The SMILES string of the molecule is CC(Cn1cnnn1)Oc1cc(-c2cnc(Nc3cn(C4CCC(N5CCOCC5)CC4)nc3OCC3(O)CCC3)nc2)ccc1C#N. The summed E-state index contributed by atoms with van der Waals surface area (Å²) in [6.07, 6.45) is 13.4. The normalized spacial score (nSPS) is 21.5. The van der Waals surface area contributed by atoms with Gasteiger partial charge in [-0.25, -0.2) is 14.6 Å². The second-order valence-electron chi connectivity index (χ2n) is 13.0. The monoisotopic (exact) mass is 655 g/mol. The summed E-state index contributed by atoms with van der Waals surface area (Å²) >= 11 is 0. The standard InChI is InChI=1S/C33H41N11O4/c1-23(19-43-22-37-40-41-43)48-30-15-24(3-4-25(30)16-34)26-17-35-32(36-18-26)38-29-20-44(39-31(29)47-21-33(45)9-2-10-33)28-7-5-27(6-8-28)42-11-13-46-14-12-42/h3-4,15,17-18,20,22-23,27-28,45H,2,5-14,19,21H2,1H3,(H,35,36,38). The van der Waals surface area contributed by atoms with Crippen LogP contribution >= 0.6 is 0 Å². The van der Waals surface area contributed by atoms with E-state index in [1.54, 1.807) is 23.1 Å².